The summed E-state index contributed by atoms with van der Waals surface area (Å²) in [5.74, 6) is 0.553. The van der Waals surface area contributed by atoms with Crippen molar-refractivity contribution in [3.63, 3.8) is 0 Å². The third kappa shape index (κ3) is 1.95. The number of rotatable bonds is 2. The molecule has 7 nitrogen and oxygen atoms in total. The molecule has 0 radical (unpaired) electrons. The van der Waals surface area contributed by atoms with Crippen molar-refractivity contribution in [1.82, 2.24) is 30.5 Å². The number of thiazole rings is 1. The van der Waals surface area contributed by atoms with Crippen LogP contribution in [0.4, 0.5) is 11.1 Å². The number of nitrogens with one attached hydrogen (secondary N) is 3. The zero-order chi connectivity index (χ0) is 13.4. The molecule has 0 atom stereocenters. The molecule has 1 aliphatic rings. The fourth-order valence-corrected chi connectivity index (χ4v) is 3.09. The maximum Gasteiger partial charge on any atom is 0.228 e. The molecule has 0 spiro atoms. The Bertz CT molecular complexity index is 733. The SMILES string of the molecule is c1cnc(Nc2nc3c(s2)CNCc2[nH]ncc2-3)nc1. The number of aromatic amines is 1. The molecule has 3 aromatic rings. The fourth-order valence-electron chi connectivity index (χ4n) is 2.15. The zero-order valence-corrected chi connectivity index (χ0v) is 11.2. The maximum absolute atomic E-state index is 4.65. The summed E-state index contributed by atoms with van der Waals surface area (Å²) in [6.07, 6.45) is 5.22. The molecule has 0 aliphatic carbocycles. The minimum absolute atomic E-state index is 0.553. The first-order valence-corrected chi connectivity index (χ1v) is 6.99. The highest BCUT2D eigenvalue weighted by molar-refractivity contribution is 7.16. The van der Waals surface area contributed by atoms with Gasteiger partial charge in [0.05, 0.1) is 17.6 Å². The summed E-state index contributed by atoms with van der Waals surface area (Å²) in [6, 6.07) is 1.78. The highest BCUT2D eigenvalue weighted by Crippen LogP contribution is 2.34. The van der Waals surface area contributed by atoms with Crippen LogP contribution >= 0.6 is 11.3 Å². The predicted molar refractivity (Wildman–Crippen MR) is 75.6 cm³/mol. The summed E-state index contributed by atoms with van der Waals surface area (Å²) in [7, 11) is 0. The first-order chi connectivity index (χ1) is 9.90. The van der Waals surface area contributed by atoms with Crippen LogP contribution in [-0.4, -0.2) is 25.1 Å². The summed E-state index contributed by atoms with van der Waals surface area (Å²) in [4.78, 5) is 14.1. The molecule has 0 saturated carbocycles. The van der Waals surface area contributed by atoms with Crippen molar-refractivity contribution in [3.05, 3.63) is 35.2 Å². The van der Waals surface area contributed by atoms with Gasteiger partial charge in [-0.1, -0.05) is 11.3 Å². The van der Waals surface area contributed by atoms with Gasteiger partial charge >= 0.3 is 0 Å². The number of nitrogens with zero attached hydrogens (tertiary/aromatic N) is 4. The standard InChI is InChI=1S/C12H11N7S/c1-2-14-11(15-3-1)18-12-17-10-7-4-16-19-8(7)5-13-6-9(10)20-12/h1-4,13H,5-6H2,(H,16,19)(H,14,15,17,18). The summed E-state index contributed by atoms with van der Waals surface area (Å²) in [5, 5.41) is 14.4. The average Bonchev–Trinajstić information content (AvgIpc) is 3.04. The molecule has 0 amide bonds. The van der Waals surface area contributed by atoms with Gasteiger partial charge in [-0.15, -0.1) is 0 Å². The van der Waals surface area contributed by atoms with E-state index in [9.17, 15) is 0 Å². The predicted octanol–water partition coefficient (Wildman–Crippen LogP) is 1.67. The second kappa shape index (κ2) is 4.66. The first kappa shape index (κ1) is 11.5. The molecular formula is C12H11N7S. The van der Waals surface area contributed by atoms with Crippen LogP contribution < -0.4 is 10.6 Å². The second-order valence-corrected chi connectivity index (χ2v) is 5.44. The molecule has 3 aromatic heterocycles. The highest BCUT2D eigenvalue weighted by atomic mass is 32.1. The number of fused-ring (bicyclic) bond motifs is 3. The van der Waals surface area contributed by atoms with Gasteiger partial charge in [-0.3, -0.25) is 5.10 Å². The number of H-pyrrole nitrogens is 1. The topological polar surface area (TPSA) is 91.4 Å². The van der Waals surface area contributed by atoms with Crippen molar-refractivity contribution in [2.75, 3.05) is 5.32 Å². The molecule has 4 rings (SSSR count). The smallest absolute Gasteiger partial charge is 0.228 e. The zero-order valence-electron chi connectivity index (χ0n) is 10.4. The largest absolute Gasteiger partial charge is 0.306 e. The van der Waals surface area contributed by atoms with Crippen LogP contribution in [0.3, 0.4) is 0 Å². The summed E-state index contributed by atoms with van der Waals surface area (Å²) in [6.45, 7) is 1.58. The van der Waals surface area contributed by atoms with Gasteiger partial charge in [0, 0.05) is 35.9 Å². The molecule has 0 unspecified atom stereocenters. The normalized spacial score (nSPS) is 13.4. The molecule has 0 fully saturated rings. The highest BCUT2D eigenvalue weighted by Gasteiger charge is 2.20. The molecule has 8 heteroatoms. The molecule has 0 bridgehead atoms. The van der Waals surface area contributed by atoms with E-state index in [0.29, 0.717) is 5.95 Å². The summed E-state index contributed by atoms with van der Waals surface area (Å²) < 4.78 is 0. The number of hydrogen-bond donors (Lipinski definition) is 3. The molecular weight excluding hydrogens is 274 g/mol. The minimum Gasteiger partial charge on any atom is -0.306 e. The maximum atomic E-state index is 4.65. The minimum atomic E-state index is 0.553. The Labute approximate surface area is 118 Å². The van der Waals surface area contributed by atoms with E-state index in [1.807, 2.05) is 6.20 Å². The van der Waals surface area contributed by atoms with Crippen LogP contribution in [0, 0.1) is 0 Å². The summed E-state index contributed by atoms with van der Waals surface area (Å²) >= 11 is 1.60. The van der Waals surface area contributed by atoms with Crippen molar-refractivity contribution in [1.29, 1.82) is 0 Å². The van der Waals surface area contributed by atoms with Gasteiger partial charge in [-0.2, -0.15) is 5.10 Å². The quantitative estimate of drug-likeness (QED) is 0.663. The molecule has 20 heavy (non-hydrogen) atoms. The van der Waals surface area contributed by atoms with Crippen LogP contribution in [-0.2, 0) is 13.1 Å². The van der Waals surface area contributed by atoms with Crippen LogP contribution in [0.2, 0.25) is 0 Å². The van der Waals surface area contributed by atoms with E-state index >= 15 is 0 Å². The van der Waals surface area contributed by atoms with Gasteiger partial charge in [0.1, 0.15) is 0 Å². The van der Waals surface area contributed by atoms with Gasteiger partial charge in [0.25, 0.3) is 0 Å². The molecule has 3 N–H and O–H groups in total. The van der Waals surface area contributed by atoms with Crippen LogP contribution in [0.25, 0.3) is 11.3 Å². The Morgan fingerprint density at radius 2 is 2.10 bits per heavy atom. The van der Waals surface area contributed by atoms with Crippen molar-refractivity contribution in [2.45, 2.75) is 13.1 Å². The third-order valence-corrected chi connectivity index (χ3v) is 4.01. The van der Waals surface area contributed by atoms with E-state index in [1.54, 1.807) is 29.8 Å². The lowest BCUT2D eigenvalue weighted by atomic mass is 10.2. The second-order valence-electron chi connectivity index (χ2n) is 4.35. The molecule has 0 saturated heterocycles. The van der Waals surface area contributed by atoms with Crippen molar-refractivity contribution in [3.8, 4) is 11.3 Å². The van der Waals surface area contributed by atoms with Crippen LogP contribution in [0.5, 0.6) is 0 Å². The third-order valence-electron chi connectivity index (χ3n) is 3.04. The number of aromatic nitrogens is 5. The van der Waals surface area contributed by atoms with E-state index in [2.05, 4.69) is 35.8 Å². The lowest BCUT2D eigenvalue weighted by Crippen LogP contribution is -2.10. The van der Waals surface area contributed by atoms with Crippen molar-refractivity contribution < 1.29 is 0 Å². The van der Waals surface area contributed by atoms with Gasteiger partial charge in [-0.05, 0) is 6.07 Å². The van der Waals surface area contributed by atoms with Gasteiger partial charge < -0.3 is 10.6 Å². The monoisotopic (exact) mass is 285 g/mol. The Kier molecular flexibility index (Phi) is 2.68. The number of anilines is 2. The Morgan fingerprint density at radius 3 is 3.00 bits per heavy atom. The van der Waals surface area contributed by atoms with E-state index in [0.717, 1.165) is 35.2 Å². The summed E-state index contributed by atoms with van der Waals surface area (Å²) in [5.41, 5.74) is 3.10. The fraction of sp³-hybridized carbons (Fsp3) is 0.167. The van der Waals surface area contributed by atoms with Crippen LogP contribution in [0.1, 0.15) is 10.6 Å². The van der Waals surface area contributed by atoms with E-state index < -0.39 is 0 Å². The lowest BCUT2D eigenvalue weighted by molar-refractivity contribution is 0.692. The van der Waals surface area contributed by atoms with E-state index in [-0.39, 0.29) is 0 Å². The van der Waals surface area contributed by atoms with Crippen LogP contribution in [0.15, 0.2) is 24.7 Å². The molecule has 4 heterocycles. The molecule has 0 aromatic carbocycles. The Morgan fingerprint density at radius 1 is 1.20 bits per heavy atom. The van der Waals surface area contributed by atoms with Gasteiger partial charge in [0.2, 0.25) is 5.95 Å². The van der Waals surface area contributed by atoms with E-state index in [4.69, 9.17) is 0 Å². The first-order valence-electron chi connectivity index (χ1n) is 6.17. The van der Waals surface area contributed by atoms with E-state index in [1.165, 1.54) is 4.88 Å². The van der Waals surface area contributed by atoms with Crippen molar-refractivity contribution >= 4 is 22.4 Å². The Hall–Kier alpha value is -2.32. The molecule has 1 aliphatic heterocycles. The Balaban J connectivity index is 1.72. The van der Waals surface area contributed by atoms with Crippen molar-refractivity contribution in [2.24, 2.45) is 0 Å². The van der Waals surface area contributed by atoms with Gasteiger partial charge in [0.15, 0.2) is 5.13 Å². The lowest BCUT2D eigenvalue weighted by Gasteiger charge is -1.99. The van der Waals surface area contributed by atoms with Gasteiger partial charge in [-0.25, -0.2) is 15.0 Å². The average molecular weight is 285 g/mol. The number of hydrogen-bond acceptors (Lipinski definition) is 7. The molecule has 100 valence electrons.